The Kier molecular flexibility index (Phi) is 7.29. The quantitative estimate of drug-likeness (QED) is 0.404. The lowest BCUT2D eigenvalue weighted by molar-refractivity contribution is -0.118. The van der Waals surface area contributed by atoms with Gasteiger partial charge >= 0.3 is 0 Å². The van der Waals surface area contributed by atoms with Crippen LogP contribution in [0.15, 0.2) is 69.6 Å². The van der Waals surface area contributed by atoms with Crippen LogP contribution >= 0.6 is 31.9 Å². The molecule has 2 N–H and O–H groups in total. The number of halogens is 2. The Labute approximate surface area is 192 Å². The molecule has 154 valence electrons. The second-order valence-electron chi connectivity index (χ2n) is 6.71. The molecule has 0 saturated carbocycles. The van der Waals surface area contributed by atoms with Crippen LogP contribution in [0.1, 0.15) is 21.5 Å². The Balaban J connectivity index is 1.67. The van der Waals surface area contributed by atoms with Crippen LogP contribution in [0.3, 0.4) is 0 Å². The lowest BCUT2D eigenvalue weighted by atomic mass is 10.1. The van der Waals surface area contributed by atoms with Crippen LogP contribution in [0.2, 0.25) is 0 Å². The highest BCUT2D eigenvalue weighted by Crippen LogP contribution is 2.28. The fourth-order valence-corrected chi connectivity index (χ4v) is 3.89. The number of hydrogen-bond donors (Lipinski definition) is 2. The summed E-state index contributed by atoms with van der Waals surface area (Å²) in [5.41, 5.74) is 3.73. The molecule has 30 heavy (non-hydrogen) atoms. The summed E-state index contributed by atoms with van der Waals surface area (Å²) in [6.45, 7) is 3.82. The molecule has 2 amide bonds. The Morgan fingerprint density at radius 1 is 0.900 bits per heavy atom. The zero-order valence-electron chi connectivity index (χ0n) is 16.5. The highest BCUT2D eigenvalue weighted by atomic mass is 79.9. The monoisotopic (exact) mass is 530 g/mol. The van der Waals surface area contributed by atoms with E-state index >= 15 is 0 Å². The van der Waals surface area contributed by atoms with Crippen LogP contribution in [0.25, 0.3) is 0 Å². The van der Waals surface area contributed by atoms with Gasteiger partial charge in [0.15, 0.2) is 6.61 Å². The van der Waals surface area contributed by atoms with Crippen molar-refractivity contribution in [1.82, 2.24) is 0 Å². The average Bonchev–Trinajstić information content (AvgIpc) is 2.70. The molecule has 0 aliphatic carbocycles. The van der Waals surface area contributed by atoms with Gasteiger partial charge in [-0.25, -0.2) is 0 Å². The topological polar surface area (TPSA) is 67.4 Å². The summed E-state index contributed by atoms with van der Waals surface area (Å²) >= 11 is 6.77. The van der Waals surface area contributed by atoms with E-state index in [1.54, 1.807) is 30.3 Å². The molecule has 0 atom stereocenters. The van der Waals surface area contributed by atoms with Crippen LogP contribution in [0.4, 0.5) is 11.4 Å². The van der Waals surface area contributed by atoms with Gasteiger partial charge in [0.1, 0.15) is 5.75 Å². The summed E-state index contributed by atoms with van der Waals surface area (Å²) in [6, 6.07) is 18.0. The largest absolute Gasteiger partial charge is 0.483 e. The molecule has 0 heterocycles. The lowest BCUT2D eigenvalue weighted by Gasteiger charge is -2.13. The van der Waals surface area contributed by atoms with Gasteiger partial charge in [0, 0.05) is 10.2 Å². The van der Waals surface area contributed by atoms with Gasteiger partial charge in [0.05, 0.1) is 15.7 Å². The number of anilines is 2. The van der Waals surface area contributed by atoms with E-state index in [1.807, 2.05) is 44.2 Å². The van der Waals surface area contributed by atoms with E-state index in [2.05, 4.69) is 42.5 Å². The predicted molar refractivity (Wildman–Crippen MR) is 126 cm³/mol. The number of benzene rings is 3. The van der Waals surface area contributed by atoms with Gasteiger partial charge in [0.25, 0.3) is 11.8 Å². The zero-order chi connectivity index (χ0) is 21.7. The van der Waals surface area contributed by atoms with Crippen molar-refractivity contribution < 1.29 is 14.3 Å². The Bertz CT molecular complexity index is 1100. The summed E-state index contributed by atoms with van der Waals surface area (Å²) in [4.78, 5) is 25.2. The van der Waals surface area contributed by atoms with Crippen LogP contribution < -0.4 is 15.4 Å². The van der Waals surface area contributed by atoms with Gasteiger partial charge < -0.3 is 15.4 Å². The Morgan fingerprint density at radius 3 is 2.40 bits per heavy atom. The number of nitrogens with one attached hydrogen (secondary N) is 2. The van der Waals surface area contributed by atoms with Crippen molar-refractivity contribution in [2.45, 2.75) is 13.8 Å². The number of hydrogen-bond acceptors (Lipinski definition) is 3. The second kappa shape index (κ2) is 9.91. The summed E-state index contributed by atoms with van der Waals surface area (Å²) in [5, 5.41) is 5.63. The molecule has 0 aliphatic rings. The van der Waals surface area contributed by atoms with E-state index in [-0.39, 0.29) is 18.4 Å². The third-order valence-corrected chi connectivity index (χ3v) is 5.58. The fourth-order valence-electron chi connectivity index (χ4n) is 2.73. The van der Waals surface area contributed by atoms with Crippen molar-refractivity contribution in [3.63, 3.8) is 0 Å². The van der Waals surface area contributed by atoms with E-state index in [9.17, 15) is 9.59 Å². The maximum atomic E-state index is 12.8. The molecule has 0 radical (unpaired) electrons. The van der Waals surface area contributed by atoms with Crippen molar-refractivity contribution in [2.75, 3.05) is 17.2 Å². The van der Waals surface area contributed by atoms with Gasteiger partial charge in [-0.15, -0.1) is 0 Å². The van der Waals surface area contributed by atoms with Crippen molar-refractivity contribution in [2.24, 2.45) is 0 Å². The van der Waals surface area contributed by atoms with Crippen LogP contribution in [-0.4, -0.2) is 18.4 Å². The van der Waals surface area contributed by atoms with E-state index in [0.717, 1.165) is 20.1 Å². The maximum Gasteiger partial charge on any atom is 0.262 e. The standard InChI is InChI=1S/C23H20Br2N2O3/c1-14-7-9-17(11-15(14)2)26-23(29)18-5-3-4-6-20(18)27-22(28)13-30-21-10-8-16(24)12-19(21)25/h3-12H,13H2,1-2H3,(H,26,29)(H,27,28). The summed E-state index contributed by atoms with van der Waals surface area (Å²) in [5.74, 6) is -0.115. The minimum absolute atomic E-state index is 0.187. The van der Waals surface area contributed by atoms with Gasteiger partial charge in [-0.3, -0.25) is 9.59 Å². The number of rotatable bonds is 6. The molecule has 0 fully saturated rings. The molecule has 0 aliphatic heterocycles. The number of para-hydroxylation sites is 1. The lowest BCUT2D eigenvalue weighted by Crippen LogP contribution is -2.23. The third-order valence-electron chi connectivity index (χ3n) is 4.46. The van der Waals surface area contributed by atoms with Gasteiger partial charge in [-0.2, -0.15) is 0 Å². The predicted octanol–water partition coefficient (Wildman–Crippen LogP) is 6.10. The number of carbonyl (C=O) groups is 2. The number of carbonyl (C=O) groups excluding carboxylic acids is 2. The number of aryl methyl sites for hydroxylation is 2. The SMILES string of the molecule is Cc1ccc(NC(=O)c2ccccc2NC(=O)COc2ccc(Br)cc2Br)cc1C. The first-order chi connectivity index (χ1) is 14.3. The average molecular weight is 532 g/mol. The number of ether oxygens (including phenoxy) is 1. The normalized spacial score (nSPS) is 10.4. The fraction of sp³-hybridized carbons (Fsp3) is 0.130. The highest BCUT2D eigenvalue weighted by Gasteiger charge is 2.14. The molecule has 3 rings (SSSR count). The van der Waals surface area contributed by atoms with Crippen molar-refractivity contribution in [3.05, 3.63) is 86.3 Å². The molecule has 0 saturated heterocycles. The molecule has 0 aromatic heterocycles. The molecule has 3 aromatic carbocycles. The first kappa shape index (κ1) is 22.1. The van der Waals surface area contributed by atoms with E-state index in [4.69, 9.17) is 4.74 Å². The van der Waals surface area contributed by atoms with Crippen molar-refractivity contribution in [1.29, 1.82) is 0 Å². The summed E-state index contributed by atoms with van der Waals surface area (Å²) in [6.07, 6.45) is 0. The zero-order valence-corrected chi connectivity index (χ0v) is 19.6. The van der Waals surface area contributed by atoms with E-state index in [0.29, 0.717) is 22.7 Å². The first-order valence-corrected chi connectivity index (χ1v) is 10.8. The van der Waals surface area contributed by atoms with Crippen LogP contribution in [0.5, 0.6) is 5.75 Å². The van der Waals surface area contributed by atoms with Crippen LogP contribution in [0, 0.1) is 13.8 Å². The molecule has 3 aromatic rings. The molecule has 0 unspecified atom stereocenters. The summed E-state index contributed by atoms with van der Waals surface area (Å²) in [7, 11) is 0. The summed E-state index contributed by atoms with van der Waals surface area (Å²) < 4.78 is 7.20. The van der Waals surface area contributed by atoms with E-state index < -0.39 is 0 Å². The van der Waals surface area contributed by atoms with Gasteiger partial charge in [-0.1, -0.05) is 34.1 Å². The Morgan fingerprint density at radius 2 is 1.67 bits per heavy atom. The van der Waals surface area contributed by atoms with Crippen LogP contribution in [-0.2, 0) is 4.79 Å². The van der Waals surface area contributed by atoms with Gasteiger partial charge in [-0.05, 0) is 83.4 Å². The van der Waals surface area contributed by atoms with E-state index in [1.165, 1.54) is 0 Å². The molecular weight excluding hydrogens is 512 g/mol. The molecule has 0 spiro atoms. The first-order valence-electron chi connectivity index (χ1n) is 9.19. The minimum atomic E-state index is -0.365. The molecule has 5 nitrogen and oxygen atoms in total. The Hall–Kier alpha value is -2.64. The molecule has 0 bridgehead atoms. The van der Waals surface area contributed by atoms with Gasteiger partial charge in [0.2, 0.25) is 0 Å². The minimum Gasteiger partial charge on any atom is -0.483 e. The maximum absolute atomic E-state index is 12.8. The third kappa shape index (κ3) is 5.70. The van der Waals surface area contributed by atoms with Crippen molar-refractivity contribution in [3.8, 4) is 5.75 Å². The van der Waals surface area contributed by atoms with Crippen molar-refractivity contribution >= 4 is 55.0 Å². The second-order valence-corrected chi connectivity index (χ2v) is 8.48. The highest BCUT2D eigenvalue weighted by molar-refractivity contribution is 9.11. The smallest absolute Gasteiger partial charge is 0.262 e. The number of amides is 2. The molecular formula is C23H20Br2N2O3. The molecule has 7 heteroatoms.